The average molecular weight is 198 g/mol. The third kappa shape index (κ3) is 2.39. The molecule has 0 aromatic heterocycles. The smallest absolute Gasteiger partial charge is 0.0969 e. The van der Waals surface area contributed by atoms with Crippen LogP contribution in [0.3, 0.4) is 0 Å². The molecule has 1 saturated heterocycles. The standard InChI is InChI=1S/C10H18N2S/c1-10(5-2-6-13-10)7-12-9(11)8-3-4-8/h8H,2-7H2,1H3,(H2,11,12). The van der Waals surface area contributed by atoms with E-state index in [1.807, 2.05) is 0 Å². The van der Waals surface area contributed by atoms with Gasteiger partial charge in [0.05, 0.1) is 12.4 Å². The second-order valence-electron chi connectivity index (χ2n) is 4.42. The van der Waals surface area contributed by atoms with Crippen molar-refractivity contribution in [2.24, 2.45) is 16.6 Å². The molecule has 2 aliphatic rings. The number of nitrogens with zero attached hydrogens (tertiary/aromatic N) is 1. The minimum absolute atomic E-state index is 0.388. The summed E-state index contributed by atoms with van der Waals surface area (Å²) < 4.78 is 0.388. The first-order chi connectivity index (χ1) is 6.20. The zero-order valence-corrected chi connectivity index (χ0v) is 9.07. The number of rotatable bonds is 3. The molecule has 13 heavy (non-hydrogen) atoms. The first-order valence-corrected chi connectivity index (χ1v) is 6.12. The van der Waals surface area contributed by atoms with Crippen molar-refractivity contribution in [1.82, 2.24) is 0 Å². The molecule has 0 amide bonds. The predicted octanol–water partition coefficient (Wildman–Crippen LogP) is 2.04. The van der Waals surface area contributed by atoms with Gasteiger partial charge in [0.25, 0.3) is 0 Å². The van der Waals surface area contributed by atoms with Gasteiger partial charge in [0, 0.05) is 10.7 Å². The van der Waals surface area contributed by atoms with E-state index < -0.39 is 0 Å². The fourth-order valence-electron chi connectivity index (χ4n) is 1.73. The molecule has 1 heterocycles. The van der Waals surface area contributed by atoms with Crippen molar-refractivity contribution in [1.29, 1.82) is 0 Å². The Labute approximate surface area is 84.4 Å². The van der Waals surface area contributed by atoms with Gasteiger partial charge in [-0.05, 0) is 38.4 Å². The summed E-state index contributed by atoms with van der Waals surface area (Å²) in [6.07, 6.45) is 5.18. The van der Waals surface area contributed by atoms with Gasteiger partial charge in [-0.25, -0.2) is 0 Å². The monoisotopic (exact) mass is 198 g/mol. The van der Waals surface area contributed by atoms with Crippen LogP contribution in [0.4, 0.5) is 0 Å². The summed E-state index contributed by atoms with van der Waals surface area (Å²) in [6, 6.07) is 0. The van der Waals surface area contributed by atoms with Gasteiger partial charge in [-0.2, -0.15) is 11.8 Å². The van der Waals surface area contributed by atoms with E-state index in [-0.39, 0.29) is 0 Å². The van der Waals surface area contributed by atoms with Gasteiger partial charge in [-0.15, -0.1) is 0 Å². The van der Waals surface area contributed by atoms with E-state index in [0.717, 1.165) is 12.4 Å². The number of hydrogen-bond donors (Lipinski definition) is 1. The van der Waals surface area contributed by atoms with Crippen molar-refractivity contribution in [3.63, 3.8) is 0 Å². The van der Waals surface area contributed by atoms with Crippen LogP contribution in [0.5, 0.6) is 0 Å². The molecule has 2 nitrogen and oxygen atoms in total. The van der Waals surface area contributed by atoms with Gasteiger partial charge in [0.1, 0.15) is 0 Å². The first kappa shape index (κ1) is 9.38. The Morgan fingerprint density at radius 3 is 2.92 bits per heavy atom. The highest BCUT2D eigenvalue weighted by molar-refractivity contribution is 8.00. The molecule has 0 radical (unpaired) electrons. The van der Waals surface area contributed by atoms with E-state index in [0.29, 0.717) is 10.7 Å². The summed E-state index contributed by atoms with van der Waals surface area (Å²) in [7, 11) is 0. The van der Waals surface area contributed by atoms with Crippen LogP contribution in [0, 0.1) is 5.92 Å². The summed E-state index contributed by atoms with van der Waals surface area (Å²) >= 11 is 2.06. The summed E-state index contributed by atoms with van der Waals surface area (Å²) in [5.74, 6) is 2.85. The fraction of sp³-hybridized carbons (Fsp3) is 0.900. The first-order valence-electron chi connectivity index (χ1n) is 5.13. The van der Waals surface area contributed by atoms with Crippen molar-refractivity contribution in [2.75, 3.05) is 12.3 Å². The molecule has 2 fully saturated rings. The van der Waals surface area contributed by atoms with Crippen LogP contribution >= 0.6 is 11.8 Å². The van der Waals surface area contributed by atoms with Crippen LogP contribution in [-0.2, 0) is 0 Å². The van der Waals surface area contributed by atoms with E-state index in [9.17, 15) is 0 Å². The lowest BCUT2D eigenvalue weighted by Gasteiger charge is -2.19. The third-order valence-corrected chi connectivity index (χ3v) is 4.42. The maximum atomic E-state index is 5.86. The predicted molar refractivity (Wildman–Crippen MR) is 59.3 cm³/mol. The lowest BCUT2D eigenvalue weighted by molar-refractivity contribution is 0.618. The van der Waals surface area contributed by atoms with Crippen LogP contribution < -0.4 is 5.73 Å². The Balaban J connectivity index is 1.85. The van der Waals surface area contributed by atoms with Gasteiger partial charge >= 0.3 is 0 Å². The number of aliphatic imine (C=N–C) groups is 1. The van der Waals surface area contributed by atoms with Crippen molar-refractivity contribution >= 4 is 17.6 Å². The van der Waals surface area contributed by atoms with Gasteiger partial charge in [-0.3, -0.25) is 4.99 Å². The van der Waals surface area contributed by atoms with Crippen LogP contribution in [0.15, 0.2) is 4.99 Å². The molecular formula is C10H18N2S. The van der Waals surface area contributed by atoms with Crippen molar-refractivity contribution in [3.05, 3.63) is 0 Å². The molecular weight excluding hydrogens is 180 g/mol. The number of nitrogens with two attached hydrogens (primary N) is 1. The molecule has 0 aromatic carbocycles. The Morgan fingerprint density at radius 1 is 1.62 bits per heavy atom. The van der Waals surface area contributed by atoms with E-state index in [1.165, 1.54) is 31.4 Å². The Kier molecular flexibility index (Phi) is 2.54. The molecule has 74 valence electrons. The highest BCUT2D eigenvalue weighted by Crippen LogP contribution is 2.38. The lowest BCUT2D eigenvalue weighted by Crippen LogP contribution is -2.23. The molecule has 1 saturated carbocycles. The largest absolute Gasteiger partial charge is 0.387 e. The van der Waals surface area contributed by atoms with Gasteiger partial charge in [0.15, 0.2) is 0 Å². The molecule has 0 bridgehead atoms. The van der Waals surface area contributed by atoms with E-state index >= 15 is 0 Å². The SMILES string of the molecule is CC1(CN=C(N)C2CC2)CCCS1. The molecule has 2 N–H and O–H groups in total. The Hall–Kier alpha value is -0.180. The van der Waals surface area contributed by atoms with Gasteiger partial charge in [-0.1, -0.05) is 0 Å². The highest BCUT2D eigenvalue weighted by Gasteiger charge is 2.30. The molecule has 1 unspecified atom stereocenters. The minimum Gasteiger partial charge on any atom is -0.387 e. The van der Waals surface area contributed by atoms with Crippen molar-refractivity contribution < 1.29 is 0 Å². The van der Waals surface area contributed by atoms with E-state index in [4.69, 9.17) is 5.73 Å². The maximum Gasteiger partial charge on any atom is 0.0969 e. The van der Waals surface area contributed by atoms with E-state index in [2.05, 4.69) is 23.7 Å². The zero-order valence-electron chi connectivity index (χ0n) is 8.25. The minimum atomic E-state index is 0.388. The highest BCUT2D eigenvalue weighted by atomic mass is 32.2. The zero-order chi connectivity index (χ0) is 9.31. The summed E-state index contributed by atoms with van der Waals surface area (Å²) in [4.78, 5) is 4.51. The third-order valence-electron chi connectivity index (χ3n) is 2.89. The number of thioether (sulfide) groups is 1. The van der Waals surface area contributed by atoms with E-state index in [1.54, 1.807) is 0 Å². The molecule has 1 aliphatic heterocycles. The summed E-state index contributed by atoms with van der Waals surface area (Å²) in [5, 5.41) is 0. The van der Waals surface area contributed by atoms with Crippen LogP contribution in [-0.4, -0.2) is 22.9 Å². The normalized spacial score (nSPS) is 35.3. The maximum absolute atomic E-state index is 5.86. The molecule has 3 heteroatoms. The molecule has 0 aromatic rings. The molecule has 1 aliphatic carbocycles. The van der Waals surface area contributed by atoms with Gasteiger partial charge < -0.3 is 5.73 Å². The quantitative estimate of drug-likeness (QED) is 0.556. The average Bonchev–Trinajstić information content (AvgIpc) is 2.87. The number of amidine groups is 1. The molecule has 0 spiro atoms. The fourth-order valence-corrected chi connectivity index (χ4v) is 2.95. The van der Waals surface area contributed by atoms with Crippen molar-refractivity contribution in [3.8, 4) is 0 Å². The topological polar surface area (TPSA) is 38.4 Å². The second kappa shape index (κ2) is 3.52. The summed E-state index contributed by atoms with van der Waals surface area (Å²) in [6.45, 7) is 3.24. The van der Waals surface area contributed by atoms with Crippen LogP contribution in [0.2, 0.25) is 0 Å². The number of hydrogen-bond acceptors (Lipinski definition) is 2. The van der Waals surface area contributed by atoms with Crippen LogP contribution in [0.25, 0.3) is 0 Å². The Morgan fingerprint density at radius 2 is 2.38 bits per heavy atom. The molecule has 2 rings (SSSR count). The summed E-state index contributed by atoms with van der Waals surface area (Å²) in [5.41, 5.74) is 5.86. The Bertz CT molecular complexity index is 215. The van der Waals surface area contributed by atoms with Crippen LogP contribution in [0.1, 0.15) is 32.6 Å². The van der Waals surface area contributed by atoms with Crippen molar-refractivity contribution in [2.45, 2.75) is 37.4 Å². The molecule has 1 atom stereocenters. The second-order valence-corrected chi connectivity index (χ2v) is 6.10. The van der Waals surface area contributed by atoms with Gasteiger partial charge in [0.2, 0.25) is 0 Å². The lowest BCUT2D eigenvalue weighted by atomic mass is 10.1.